The van der Waals surface area contributed by atoms with Crippen LogP contribution in [-0.4, -0.2) is 72.4 Å². The van der Waals surface area contributed by atoms with E-state index in [4.69, 9.17) is 2.74 Å². The van der Waals surface area contributed by atoms with Gasteiger partial charge in [-0.2, -0.15) is 0 Å². The molecule has 0 saturated carbocycles. The minimum atomic E-state index is -0.545. The third-order valence-electron chi connectivity index (χ3n) is 3.34. The Kier molecular flexibility index (Phi) is 5.80. The Morgan fingerprint density at radius 1 is 1.35 bits per heavy atom. The Balaban J connectivity index is 0.00000242. The maximum atomic E-state index is 12.0. The van der Waals surface area contributed by atoms with Crippen LogP contribution in [0.5, 0.6) is 0 Å². The van der Waals surface area contributed by atoms with Crippen LogP contribution in [0.3, 0.4) is 0 Å². The van der Waals surface area contributed by atoms with Crippen molar-refractivity contribution in [1.82, 2.24) is 20.2 Å². The second kappa shape index (κ2) is 8.05. The molecule has 0 spiro atoms. The molecule has 0 aliphatic carbocycles. The average Bonchev–Trinajstić information content (AvgIpc) is 2.97. The average molecular weight is 360 g/mol. The number of hydrazine groups is 1. The molecule has 2 fully saturated rings. The maximum Gasteiger partial charge on any atom is 0.258 e. The summed E-state index contributed by atoms with van der Waals surface area (Å²) in [6.45, 7) is 0.570. The molecule has 1 radical (unpaired) electrons. The van der Waals surface area contributed by atoms with E-state index in [1.165, 1.54) is 0 Å². The van der Waals surface area contributed by atoms with Crippen LogP contribution >= 0.6 is 0 Å². The second-order valence-electron chi connectivity index (χ2n) is 4.64. The van der Waals surface area contributed by atoms with E-state index >= 15 is 0 Å². The van der Waals surface area contributed by atoms with E-state index in [-0.39, 0.29) is 64.6 Å². The Bertz CT molecular complexity index is 443. The van der Waals surface area contributed by atoms with E-state index in [2.05, 4.69) is 5.32 Å². The number of nitrogens with zero attached hydrogens (tertiary/aromatic N) is 3. The number of rotatable bonds is 4. The van der Waals surface area contributed by atoms with E-state index in [1.807, 2.05) is 0 Å². The molecule has 109 valence electrons. The van der Waals surface area contributed by atoms with Gasteiger partial charge in [0.15, 0.2) is 0 Å². The van der Waals surface area contributed by atoms with Crippen molar-refractivity contribution in [3.8, 4) is 0 Å². The van der Waals surface area contributed by atoms with Crippen LogP contribution in [0.25, 0.3) is 0 Å². The van der Waals surface area contributed by atoms with Crippen LogP contribution in [0, 0.1) is 0 Å². The summed E-state index contributed by atoms with van der Waals surface area (Å²) < 4.78 is 15.2. The SMILES string of the molecule is [3H]C1CC(C(=O)NCC(=O)N2CC([3H])CN2[C-]=O)N(C)C1.[Y]. The molecular weight excluding hydrogens is 337 g/mol. The summed E-state index contributed by atoms with van der Waals surface area (Å²) in [5.41, 5.74) is 0. The molecule has 3 unspecified atom stereocenters. The van der Waals surface area contributed by atoms with Gasteiger partial charge >= 0.3 is 0 Å². The molecule has 20 heavy (non-hydrogen) atoms. The van der Waals surface area contributed by atoms with E-state index in [0.717, 1.165) is 10.0 Å². The summed E-state index contributed by atoms with van der Waals surface area (Å²) in [5, 5.41) is 4.71. The number of likely N-dealkylation sites (tertiary alicyclic amines) is 1. The molecule has 0 aromatic heterocycles. The number of hydrogen-bond donors (Lipinski definition) is 1. The third-order valence-corrected chi connectivity index (χ3v) is 3.34. The zero-order valence-corrected chi connectivity index (χ0v) is 14.2. The number of hydrogen-bond acceptors (Lipinski definition) is 4. The fourth-order valence-corrected chi connectivity index (χ4v) is 2.24. The minimum absolute atomic E-state index is 0. The molecule has 7 nitrogen and oxygen atoms in total. The predicted octanol–water partition coefficient (Wildman–Crippen LogP) is -1.29. The van der Waals surface area contributed by atoms with Crippen LogP contribution in [-0.2, 0) is 47.1 Å². The van der Waals surface area contributed by atoms with Gasteiger partial charge < -0.3 is 15.1 Å². The molecule has 0 aromatic carbocycles. The fourth-order valence-electron chi connectivity index (χ4n) is 2.24. The van der Waals surface area contributed by atoms with Crippen LogP contribution < -0.4 is 5.32 Å². The first-order valence-corrected chi connectivity index (χ1v) is 6.20. The van der Waals surface area contributed by atoms with E-state index in [1.54, 1.807) is 18.4 Å². The van der Waals surface area contributed by atoms with Gasteiger partial charge in [0.1, 0.15) is 0 Å². The molecule has 1 N–H and O–H groups in total. The van der Waals surface area contributed by atoms with Gasteiger partial charge in [-0.15, -0.1) is 6.41 Å². The minimum Gasteiger partial charge on any atom is -0.518 e. The number of carbonyl (C=O) groups excluding carboxylic acids is 3. The van der Waals surface area contributed by atoms with Crippen LogP contribution in [0.4, 0.5) is 0 Å². The van der Waals surface area contributed by atoms with Gasteiger partial charge in [0, 0.05) is 48.5 Å². The molecule has 2 heterocycles. The second-order valence-corrected chi connectivity index (χ2v) is 4.64. The van der Waals surface area contributed by atoms with Crippen LogP contribution in [0.2, 0.25) is 0 Å². The Morgan fingerprint density at radius 2 is 2.10 bits per heavy atom. The van der Waals surface area contributed by atoms with Crippen molar-refractivity contribution < 1.29 is 49.8 Å². The molecule has 0 aromatic rings. The summed E-state index contributed by atoms with van der Waals surface area (Å²) in [6.07, 6.45) is 1.22. The fraction of sp³-hybridized carbons (Fsp3) is 0.750. The normalized spacial score (nSPS) is 31.4. The van der Waals surface area contributed by atoms with E-state index in [0.29, 0.717) is 13.0 Å². The van der Waals surface area contributed by atoms with Crippen molar-refractivity contribution in [1.29, 1.82) is 0 Å². The molecule has 2 aliphatic heterocycles. The van der Waals surface area contributed by atoms with Gasteiger partial charge in [-0.1, -0.05) is 0 Å². The summed E-state index contributed by atoms with van der Waals surface area (Å²) >= 11 is 0. The smallest absolute Gasteiger partial charge is 0.258 e. The summed E-state index contributed by atoms with van der Waals surface area (Å²) in [5.74, 6) is -0.728. The quantitative estimate of drug-likeness (QED) is 0.634. The largest absolute Gasteiger partial charge is 0.518 e. The predicted molar refractivity (Wildman–Crippen MR) is 67.4 cm³/mol. The molecule has 3 atom stereocenters. The van der Waals surface area contributed by atoms with Gasteiger partial charge in [0.25, 0.3) is 5.91 Å². The van der Waals surface area contributed by atoms with E-state index < -0.39 is 18.3 Å². The molecular formula is C12H19N4O3Y-. The van der Waals surface area contributed by atoms with Crippen molar-refractivity contribution in [2.45, 2.75) is 25.3 Å². The molecule has 3 amide bonds. The molecule has 2 aliphatic rings. The van der Waals surface area contributed by atoms with Crippen molar-refractivity contribution in [2.24, 2.45) is 0 Å². The zero-order chi connectivity index (χ0) is 15.6. The van der Waals surface area contributed by atoms with Gasteiger partial charge in [0.2, 0.25) is 5.91 Å². The number of carbonyl (C=O) groups is 2. The molecule has 2 rings (SSSR count). The van der Waals surface area contributed by atoms with Crippen molar-refractivity contribution in [3.05, 3.63) is 0 Å². The monoisotopic (exact) mass is 360 g/mol. The summed E-state index contributed by atoms with van der Waals surface area (Å²) in [7, 11) is 1.77. The molecule has 2 saturated heterocycles. The first kappa shape index (κ1) is 14.4. The summed E-state index contributed by atoms with van der Waals surface area (Å²) in [4.78, 5) is 36.5. The Morgan fingerprint density at radius 3 is 2.70 bits per heavy atom. The number of nitrogens with one attached hydrogen (secondary N) is 1. The van der Waals surface area contributed by atoms with Crippen molar-refractivity contribution in [2.75, 3.05) is 33.2 Å². The topological polar surface area (TPSA) is 73.0 Å². The first-order chi connectivity index (χ1) is 9.92. The molecule has 0 bridgehead atoms. The first-order valence-electron chi connectivity index (χ1n) is 7.36. The number of amides is 3. The van der Waals surface area contributed by atoms with E-state index in [9.17, 15) is 14.4 Å². The zero-order valence-electron chi connectivity index (χ0n) is 13.4. The molecule has 8 heteroatoms. The van der Waals surface area contributed by atoms with Crippen molar-refractivity contribution in [3.63, 3.8) is 0 Å². The summed E-state index contributed by atoms with van der Waals surface area (Å²) in [6, 6.07) is -0.392. The van der Waals surface area contributed by atoms with Gasteiger partial charge in [-0.25, -0.2) is 0 Å². The third kappa shape index (κ3) is 3.99. The standard InChI is InChI=1S/C12H19N4O3.Y/c1-14-5-2-4-10(14)12(19)13-8-11(18)16-7-3-6-15(16)9-17;/h10H,2-8H2,1H3,(H,13,19);/q-1;/i2T,3T;. The van der Waals surface area contributed by atoms with Crippen LogP contribution in [0.1, 0.15) is 22.0 Å². The Labute approximate surface area is 146 Å². The number of likely N-dealkylation sites (N-methyl/N-ethyl adjacent to an activating group) is 1. The van der Waals surface area contributed by atoms with Gasteiger partial charge in [0.05, 0.1) is 12.6 Å². The maximum absolute atomic E-state index is 12.0. The van der Waals surface area contributed by atoms with Crippen molar-refractivity contribution >= 4 is 18.2 Å². The Hall–Kier alpha value is -0.526. The van der Waals surface area contributed by atoms with Gasteiger partial charge in [-0.3, -0.25) is 19.5 Å². The van der Waals surface area contributed by atoms with Crippen LogP contribution in [0.15, 0.2) is 0 Å². The van der Waals surface area contributed by atoms with Gasteiger partial charge in [-0.05, 0) is 32.8 Å².